The van der Waals surface area contributed by atoms with Gasteiger partial charge in [0.05, 0.1) is 5.56 Å². The second kappa shape index (κ2) is 7.55. The summed E-state index contributed by atoms with van der Waals surface area (Å²) in [6.45, 7) is 7.71. The smallest absolute Gasteiger partial charge is 0.336 e. The van der Waals surface area contributed by atoms with E-state index in [2.05, 4.69) is 16.7 Å². The van der Waals surface area contributed by atoms with E-state index in [4.69, 9.17) is 4.42 Å². The molecule has 0 unspecified atom stereocenters. The largest absolute Gasteiger partial charge is 0.507 e. The molecule has 0 amide bonds. The molecule has 0 bridgehead atoms. The first kappa shape index (κ1) is 17.8. The molecular weight excluding hydrogens is 340 g/mol. The van der Waals surface area contributed by atoms with E-state index in [0.29, 0.717) is 17.7 Å². The fraction of sp³-hybridized carbons (Fsp3) is 0.318. The molecule has 1 saturated heterocycles. The van der Waals surface area contributed by atoms with Crippen molar-refractivity contribution in [3.63, 3.8) is 0 Å². The van der Waals surface area contributed by atoms with E-state index in [1.807, 2.05) is 36.4 Å². The van der Waals surface area contributed by atoms with Crippen LogP contribution >= 0.6 is 0 Å². The van der Waals surface area contributed by atoms with Crippen LogP contribution in [0.1, 0.15) is 12.5 Å². The topological polar surface area (TPSA) is 56.9 Å². The van der Waals surface area contributed by atoms with E-state index in [1.54, 1.807) is 6.07 Å². The summed E-state index contributed by atoms with van der Waals surface area (Å²) >= 11 is 0. The van der Waals surface area contributed by atoms with Crippen molar-refractivity contribution >= 4 is 11.0 Å². The molecule has 4 rings (SSSR count). The van der Waals surface area contributed by atoms with Crippen molar-refractivity contribution in [3.05, 3.63) is 64.5 Å². The third kappa shape index (κ3) is 3.61. The normalized spacial score (nSPS) is 16.0. The molecule has 5 heteroatoms. The summed E-state index contributed by atoms with van der Waals surface area (Å²) in [6.07, 6.45) is 0. The Balaban J connectivity index is 1.76. The maximum atomic E-state index is 12.2. The van der Waals surface area contributed by atoms with Gasteiger partial charge in [0.25, 0.3) is 0 Å². The molecule has 0 saturated carbocycles. The molecule has 1 aromatic heterocycles. The third-order valence-corrected chi connectivity index (χ3v) is 5.37. The van der Waals surface area contributed by atoms with Crippen LogP contribution in [0.4, 0.5) is 0 Å². The number of phenolic OH excluding ortho intramolecular Hbond substituents is 1. The van der Waals surface area contributed by atoms with Gasteiger partial charge in [-0.25, -0.2) is 4.79 Å². The van der Waals surface area contributed by atoms with E-state index in [9.17, 15) is 9.90 Å². The maximum Gasteiger partial charge on any atom is 0.336 e. The van der Waals surface area contributed by atoms with Crippen LogP contribution < -0.4 is 5.63 Å². The van der Waals surface area contributed by atoms with Gasteiger partial charge in [0, 0.05) is 44.2 Å². The number of benzene rings is 2. The molecule has 140 valence electrons. The van der Waals surface area contributed by atoms with Gasteiger partial charge in [-0.05, 0) is 29.8 Å². The Morgan fingerprint density at radius 2 is 1.70 bits per heavy atom. The fourth-order valence-corrected chi connectivity index (χ4v) is 3.77. The Bertz CT molecular complexity index is 990. The average Bonchev–Trinajstić information content (AvgIpc) is 2.71. The van der Waals surface area contributed by atoms with Gasteiger partial charge < -0.3 is 14.4 Å². The highest BCUT2D eigenvalue weighted by Crippen LogP contribution is 2.33. The number of piperazine rings is 1. The van der Waals surface area contributed by atoms with E-state index in [0.717, 1.165) is 49.2 Å². The van der Waals surface area contributed by atoms with Crippen molar-refractivity contribution in [2.24, 2.45) is 0 Å². The highest BCUT2D eigenvalue weighted by Gasteiger charge is 2.20. The quantitative estimate of drug-likeness (QED) is 0.720. The molecule has 1 aliphatic heterocycles. The molecule has 5 nitrogen and oxygen atoms in total. The minimum atomic E-state index is -0.399. The minimum Gasteiger partial charge on any atom is -0.507 e. The second-order valence-electron chi connectivity index (χ2n) is 7.00. The first-order valence-electron chi connectivity index (χ1n) is 9.44. The number of likely N-dealkylation sites (N-methyl/N-ethyl adjacent to an activating group) is 1. The number of aromatic hydroxyl groups is 1. The predicted octanol–water partition coefficient (Wildman–Crippen LogP) is 3.30. The van der Waals surface area contributed by atoms with Crippen molar-refractivity contribution in [1.29, 1.82) is 0 Å². The molecule has 2 heterocycles. The van der Waals surface area contributed by atoms with Crippen molar-refractivity contribution in [2.75, 3.05) is 32.7 Å². The van der Waals surface area contributed by atoms with Gasteiger partial charge in [-0.15, -0.1) is 0 Å². The maximum absolute atomic E-state index is 12.2. The van der Waals surface area contributed by atoms with Gasteiger partial charge >= 0.3 is 5.63 Å². The van der Waals surface area contributed by atoms with Gasteiger partial charge in [0.2, 0.25) is 0 Å². The number of rotatable bonds is 4. The van der Waals surface area contributed by atoms with Crippen LogP contribution in [0.25, 0.3) is 22.1 Å². The van der Waals surface area contributed by atoms with Gasteiger partial charge in [-0.2, -0.15) is 0 Å². The van der Waals surface area contributed by atoms with Crippen molar-refractivity contribution < 1.29 is 9.52 Å². The molecule has 27 heavy (non-hydrogen) atoms. The SMILES string of the molecule is CCN1CCN(Cc2c(O)ccc3c(-c4ccccc4)cc(=O)oc23)CC1. The van der Waals surface area contributed by atoms with Gasteiger partial charge in [-0.1, -0.05) is 37.3 Å². The standard InChI is InChI=1S/C22H24N2O3/c1-2-23-10-12-24(13-11-23)15-19-20(25)9-8-17-18(14-21(26)27-22(17)19)16-6-4-3-5-7-16/h3-9,14,25H,2,10-13,15H2,1H3. The highest BCUT2D eigenvalue weighted by atomic mass is 16.4. The second-order valence-corrected chi connectivity index (χ2v) is 7.00. The monoisotopic (exact) mass is 364 g/mol. The number of hydrogen-bond donors (Lipinski definition) is 1. The zero-order valence-corrected chi connectivity index (χ0v) is 15.5. The molecule has 1 fully saturated rings. The first-order chi connectivity index (χ1) is 13.2. The van der Waals surface area contributed by atoms with Crippen molar-refractivity contribution in [3.8, 4) is 16.9 Å². The summed E-state index contributed by atoms with van der Waals surface area (Å²) in [5.41, 5.74) is 2.57. The Hall–Kier alpha value is -2.63. The Labute approximate surface area is 158 Å². The van der Waals surface area contributed by atoms with Crippen LogP contribution in [0.3, 0.4) is 0 Å². The summed E-state index contributed by atoms with van der Waals surface area (Å²) in [4.78, 5) is 17.0. The summed E-state index contributed by atoms with van der Waals surface area (Å²) in [6, 6.07) is 14.9. The van der Waals surface area contributed by atoms with Crippen LogP contribution in [-0.4, -0.2) is 47.6 Å². The number of fused-ring (bicyclic) bond motifs is 1. The molecule has 0 spiro atoms. The minimum absolute atomic E-state index is 0.175. The third-order valence-electron chi connectivity index (χ3n) is 5.37. The van der Waals surface area contributed by atoms with E-state index < -0.39 is 5.63 Å². The van der Waals surface area contributed by atoms with E-state index in [-0.39, 0.29) is 5.75 Å². The molecule has 0 atom stereocenters. The molecule has 0 radical (unpaired) electrons. The van der Waals surface area contributed by atoms with Crippen LogP contribution in [0.5, 0.6) is 5.75 Å². The Morgan fingerprint density at radius 1 is 1.00 bits per heavy atom. The number of phenols is 1. The van der Waals surface area contributed by atoms with Gasteiger partial charge in [-0.3, -0.25) is 4.90 Å². The van der Waals surface area contributed by atoms with E-state index >= 15 is 0 Å². The van der Waals surface area contributed by atoms with Crippen LogP contribution in [0.15, 0.2) is 57.7 Å². The zero-order chi connectivity index (χ0) is 18.8. The Kier molecular flexibility index (Phi) is 4.97. The molecule has 2 aromatic carbocycles. The summed E-state index contributed by atoms with van der Waals surface area (Å²) < 4.78 is 5.57. The lowest BCUT2D eigenvalue weighted by Gasteiger charge is -2.34. The van der Waals surface area contributed by atoms with E-state index in [1.165, 1.54) is 6.07 Å². The highest BCUT2D eigenvalue weighted by molar-refractivity contribution is 5.95. The molecule has 3 aromatic rings. The van der Waals surface area contributed by atoms with Crippen LogP contribution in [0.2, 0.25) is 0 Å². The molecular formula is C22H24N2O3. The molecule has 1 N–H and O–H groups in total. The molecule has 0 aliphatic carbocycles. The summed E-state index contributed by atoms with van der Waals surface area (Å²) in [5, 5.41) is 11.3. The van der Waals surface area contributed by atoms with Crippen LogP contribution in [0, 0.1) is 0 Å². The van der Waals surface area contributed by atoms with Crippen molar-refractivity contribution in [2.45, 2.75) is 13.5 Å². The lowest BCUT2D eigenvalue weighted by molar-refractivity contribution is 0.131. The van der Waals surface area contributed by atoms with Gasteiger partial charge in [0.15, 0.2) is 0 Å². The lowest BCUT2D eigenvalue weighted by atomic mass is 9.99. The average molecular weight is 364 g/mol. The van der Waals surface area contributed by atoms with Crippen molar-refractivity contribution in [1.82, 2.24) is 9.80 Å². The first-order valence-corrected chi connectivity index (χ1v) is 9.44. The summed E-state index contributed by atoms with van der Waals surface area (Å²) in [5.74, 6) is 0.175. The number of hydrogen-bond acceptors (Lipinski definition) is 5. The van der Waals surface area contributed by atoms with Crippen LogP contribution in [-0.2, 0) is 6.54 Å². The predicted molar refractivity (Wildman–Crippen MR) is 107 cm³/mol. The lowest BCUT2D eigenvalue weighted by Crippen LogP contribution is -2.45. The number of nitrogens with zero attached hydrogens (tertiary/aromatic N) is 2. The summed E-state index contributed by atoms with van der Waals surface area (Å²) in [7, 11) is 0. The molecule has 1 aliphatic rings. The van der Waals surface area contributed by atoms with Gasteiger partial charge in [0.1, 0.15) is 11.3 Å². The fourth-order valence-electron chi connectivity index (χ4n) is 3.77. The zero-order valence-electron chi connectivity index (χ0n) is 15.5. The Morgan fingerprint density at radius 3 is 2.41 bits per heavy atom.